The van der Waals surface area contributed by atoms with Crippen LogP contribution in [0, 0.1) is 0 Å². The maximum absolute atomic E-state index is 13.1. The summed E-state index contributed by atoms with van der Waals surface area (Å²) in [5, 5.41) is 5.72. The third kappa shape index (κ3) is 4.59. The van der Waals surface area contributed by atoms with Crippen molar-refractivity contribution < 1.29 is 14.3 Å². The minimum absolute atomic E-state index is 0.00719. The molecule has 1 atom stereocenters. The Morgan fingerprint density at radius 1 is 1.03 bits per heavy atom. The van der Waals surface area contributed by atoms with Gasteiger partial charge in [0.05, 0.1) is 12.3 Å². The molecule has 2 N–H and O–H groups in total. The first-order chi connectivity index (χ1) is 15.6. The summed E-state index contributed by atoms with van der Waals surface area (Å²) in [5.74, 6) is 0.624. The van der Waals surface area contributed by atoms with Crippen LogP contribution in [0.1, 0.15) is 35.3 Å². The highest BCUT2D eigenvalue weighted by atomic mass is 16.5. The van der Waals surface area contributed by atoms with E-state index < -0.39 is 0 Å². The van der Waals surface area contributed by atoms with Gasteiger partial charge in [0.2, 0.25) is 0 Å². The molecule has 1 unspecified atom stereocenters. The molecule has 164 valence electrons. The molecule has 0 bridgehead atoms. The number of para-hydroxylation sites is 2. The number of anilines is 2. The summed E-state index contributed by atoms with van der Waals surface area (Å²) in [6.45, 7) is 4.82. The van der Waals surface area contributed by atoms with Crippen molar-refractivity contribution in [1.29, 1.82) is 0 Å². The second kappa shape index (κ2) is 9.56. The van der Waals surface area contributed by atoms with Gasteiger partial charge in [-0.3, -0.25) is 4.79 Å². The first-order valence-electron chi connectivity index (χ1n) is 10.8. The number of urea groups is 1. The van der Waals surface area contributed by atoms with Gasteiger partial charge in [0.1, 0.15) is 5.75 Å². The van der Waals surface area contributed by atoms with E-state index in [1.165, 1.54) is 0 Å². The zero-order valence-corrected chi connectivity index (χ0v) is 18.3. The van der Waals surface area contributed by atoms with E-state index in [2.05, 4.69) is 17.6 Å². The number of carbonyl (C=O) groups excluding carboxylic acids is 2. The minimum atomic E-state index is -0.316. The van der Waals surface area contributed by atoms with Crippen LogP contribution in [0.15, 0.2) is 72.8 Å². The number of hydrogen-bond acceptors (Lipinski definition) is 3. The van der Waals surface area contributed by atoms with Crippen molar-refractivity contribution in [3.8, 4) is 5.75 Å². The fourth-order valence-corrected chi connectivity index (χ4v) is 3.99. The standard InChI is InChI=1S/C26H27N3O3/c1-3-32-24-12-8-7-11-22(24)28-26(31)27-17-19-13-14-21-15-18(2)29(23(21)16-19)25(30)20-9-5-4-6-10-20/h4-14,16,18H,3,15,17H2,1-2H3,(H2,27,28,31). The molecule has 3 amide bonds. The zero-order valence-electron chi connectivity index (χ0n) is 18.3. The number of rotatable bonds is 6. The highest BCUT2D eigenvalue weighted by Crippen LogP contribution is 2.34. The summed E-state index contributed by atoms with van der Waals surface area (Å²) in [7, 11) is 0. The van der Waals surface area contributed by atoms with E-state index in [0.717, 1.165) is 23.2 Å². The molecule has 0 spiro atoms. The quantitative estimate of drug-likeness (QED) is 0.579. The summed E-state index contributed by atoms with van der Waals surface area (Å²) in [5.41, 5.74) is 4.27. The van der Waals surface area contributed by atoms with Crippen LogP contribution in [0.4, 0.5) is 16.2 Å². The highest BCUT2D eigenvalue weighted by molar-refractivity contribution is 6.07. The average molecular weight is 430 g/mol. The van der Waals surface area contributed by atoms with Crippen LogP contribution in [0.3, 0.4) is 0 Å². The predicted molar refractivity (Wildman–Crippen MR) is 126 cm³/mol. The van der Waals surface area contributed by atoms with Gasteiger partial charge >= 0.3 is 6.03 Å². The van der Waals surface area contributed by atoms with Crippen molar-refractivity contribution in [1.82, 2.24) is 5.32 Å². The lowest BCUT2D eigenvalue weighted by atomic mass is 10.1. The molecule has 0 aromatic heterocycles. The van der Waals surface area contributed by atoms with E-state index in [4.69, 9.17) is 4.74 Å². The SMILES string of the molecule is CCOc1ccccc1NC(=O)NCc1ccc2c(c1)N(C(=O)c1ccccc1)C(C)C2. The molecule has 1 aliphatic heterocycles. The van der Waals surface area contributed by atoms with Gasteiger partial charge in [-0.2, -0.15) is 0 Å². The molecule has 4 rings (SSSR count). The molecule has 3 aromatic carbocycles. The Morgan fingerprint density at radius 2 is 1.78 bits per heavy atom. The maximum atomic E-state index is 13.1. The van der Waals surface area contributed by atoms with Gasteiger partial charge in [-0.1, -0.05) is 42.5 Å². The summed E-state index contributed by atoms with van der Waals surface area (Å²) in [6.07, 6.45) is 0.816. The monoisotopic (exact) mass is 429 g/mol. The third-order valence-electron chi connectivity index (χ3n) is 5.49. The van der Waals surface area contributed by atoms with Gasteiger partial charge in [0.15, 0.2) is 0 Å². The molecule has 0 radical (unpaired) electrons. The zero-order chi connectivity index (χ0) is 22.5. The predicted octanol–water partition coefficient (Wildman–Crippen LogP) is 5.00. The molecule has 0 aliphatic carbocycles. The van der Waals surface area contributed by atoms with Crippen molar-refractivity contribution in [2.24, 2.45) is 0 Å². The number of nitrogens with zero attached hydrogens (tertiary/aromatic N) is 1. The van der Waals surface area contributed by atoms with E-state index >= 15 is 0 Å². The van der Waals surface area contributed by atoms with E-state index in [-0.39, 0.29) is 18.0 Å². The Kier molecular flexibility index (Phi) is 6.40. The molecule has 6 heteroatoms. The summed E-state index contributed by atoms with van der Waals surface area (Å²) in [4.78, 5) is 27.4. The molecular formula is C26H27N3O3. The lowest BCUT2D eigenvalue weighted by Gasteiger charge is -2.23. The summed E-state index contributed by atoms with van der Waals surface area (Å²) >= 11 is 0. The van der Waals surface area contributed by atoms with E-state index in [9.17, 15) is 9.59 Å². The molecule has 1 heterocycles. The summed E-state index contributed by atoms with van der Waals surface area (Å²) < 4.78 is 5.55. The normalized spacial score (nSPS) is 14.6. The summed E-state index contributed by atoms with van der Waals surface area (Å²) in [6, 6.07) is 22.4. The van der Waals surface area contributed by atoms with Gasteiger partial charge in [0, 0.05) is 23.8 Å². The van der Waals surface area contributed by atoms with Gasteiger partial charge in [-0.15, -0.1) is 0 Å². The Labute approximate surface area is 188 Å². The molecular weight excluding hydrogens is 402 g/mol. The molecule has 0 saturated carbocycles. The largest absolute Gasteiger partial charge is 0.492 e. The first kappa shape index (κ1) is 21.4. The van der Waals surface area contributed by atoms with E-state index in [1.807, 2.05) is 78.6 Å². The number of nitrogens with one attached hydrogen (secondary N) is 2. The molecule has 6 nitrogen and oxygen atoms in total. The Hall–Kier alpha value is -3.80. The van der Waals surface area contributed by atoms with Crippen LogP contribution in [-0.2, 0) is 13.0 Å². The van der Waals surface area contributed by atoms with Crippen LogP contribution < -0.4 is 20.3 Å². The van der Waals surface area contributed by atoms with Crippen molar-refractivity contribution in [3.63, 3.8) is 0 Å². The molecule has 32 heavy (non-hydrogen) atoms. The second-order valence-corrected chi connectivity index (χ2v) is 7.79. The van der Waals surface area contributed by atoms with Crippen molar-refractivity contribution >= 4 is 23.3 Å². The fraction of sp³-hybridized carbons (Fsp3) is 0.231. The van der Waals surface area contributed by atoms with Gasteiger partial charge in [-0.25, -0.2) is 4.79 Å². The lowest BCUT2D eigenvalue weighted by molar-refractivity contribution is 0.0981. The van der Waals surface area contributed by atoms with Crippen LogP contribution in [-0.4, -0.2) is 24.6 Å². The fourth-order valence-electron chi connectivity index (χ4n) is 3.99. The number of carbonyl (C=O) groups is 2. The number of benzene rings is 3. The topological polar surface area (TPSA) is 70.7 Å². The number of hydrogen-bond donors (Lipinski definition) is 2. The molecule has 0 saturated heterocycles. The third-order valence-corrected chi connectivity index (χ3v) is 5.49. The average Bonchev–Trinajstić information content (AvgIpc) is 3.14. The van der Waals surface area contributed by atoms with Crippen molar-refractivity contribution in [3.05, 3.63) is 89.5 Å². The van der Waals surface area contributed by atoms with Crippen molar-refractivity contribution in [2.75, 3.05) is 16.8 Å². The highest BCUT2D eigenvalue weighted by Gasteiger charge is 2.31. The smallest absolute Gasteiger partial charge is 0.319 e. The second-order valence-electron chi connectivity index (χ2n) is 7.79. The number of ether oxygens (including phenoxy) is 1. The minimum Gasteiger partial charge on any atom is -0.492 e. The molecule has 0 fully saturated rings. The lowest BCUT2D eigenvalue weighted by Crippen LogP contribution is -2.35. The maximum Gasteiger partial charge on any atom is 0.319 e. The van der Waals surface area contributed by atoms with Gasteiger partial charge in [-0.05, 0) is 61.7 Å². The van der Waals surface area contributed by atoms with Crippen LogP contribution in [0.25, 0.3) is 0 Å². The van der Waals surface area contributed by atoms with E-state index in [0.29, 0.717) is 30.2 Å². The first-order valence-corrected chi connectivity index (χ1v) is 10.8. The Morgan fingerprint density at radius 3 is 2.56 bits per heavy atom. The molecule has 1 aliphatic rings. The van der Waals surface area contributed by atoms with Gasteiger partial charge < -0.3 is 20.3 Å². The Balaban J connectivity index is 1.45. The van der Waals surface area contributed by atoms with E-state index in [1.54, 1.807) is 6.07 Å². The van der Waals surface area contributed by atoms with Crippen LogP contribution in [0.5, 0.6) is 5.75 Å². The number of amides is 3. The van der Waals surface area contributed by atoms with Crippen LogP contribution in [0.2, 0.25) is 0 Å². The number of fused-ring (bicyclic) bond motifs is 1. The van der Waals surface area contributed by atoms with Crippen molar-refractivity contribution in [2.45, 2.75) is 32.9 Å². The molecule has 3 aromatic rings. The van der Waals surface area contributed by atoms with Crippen LogP contribution >= 0.6 is 0 Å². The Bertz CT molecular complexity index is 1110. The van der Waals surface area contributed by atoms with Gasteiger partial charge in [0.25, 0.3) is 5.91 Å².